The maximum absolute atomic E-state index is 12.8. The first kappa shape index (κ1) is 20.6. The summed E-state index contributed by atoms with van der Waals surface area (Å²) < 4.78 is 38.4. The lowest BCUT2D eigenvalue weighted by Gasteiger charge is -2.39. The number of alkyl halides is 3. The molecular weight excluding hydrogens is 371 g/mol. The minimum absolute atomic E-state index is 0.0724. The second-order valence-electron chi connectivity index (χ2n) is 7.73. The minimum Gasteiger partial charge on any atom is -0.341 e. The Bertz CT molecular complexity index is 719. The van der Waals surface area contributed by atoms with Crippen LogP contribution in [0.2, 0.25) is 0 Å². The lowest BCUT2D eigenvalue weighted by Crippen LogP contribution is -2.51. The van der Waals surface area contributed by atoms with Gasteiger partial charge < -0.3 is 10.2 Å². The van der Waals surface area contributed by atoms with Crippen LogP contribution in [0.15, 0.2) is 24.3 Å². The van der Waals surface area contributed by atoms with Crippen LogP contribution in [0.25, 0.3) is 0 Å². The number of rotatable bonds is 5. The monoisotopic (exact) mass is 397 g/mol. The van der Waals surface area contributed by atoms with E-state index in [2.05, 4.69) is 5.32 Å². The first-order chi connectivity index (χ1) is 13.2. The minimum atomic E-state index is -4.45. The molecule has 154 valence electrons. The molecule has 0 radical (unpaired) electrons. The van der Waals surface area contributed by atoms with Crippen molar-refractivity contribution < 1.29 is 22.8 Å². The van der Waals surface area contributed by atoms with Gasteiger partial charge in [0.25, 0.3) is 0 Å². The number of nitrogens with one attached hydrogen (secondary N) is 1. The topological polar surface area (TPSA) is 52.7 Å². The number of nitrogens with zero attached hydrogens (tertiary/aromatic N) is 2. The fourth-order valence-electron chi connectivity index (χ4n) is 3.79. The highest BCUT2D eigenvalue weighted by molar-refractivity contribution is 5.92. The van der Waals surface area contributed by atoms with Crippen molar-refractivity contribution >= 4 is 17.5 Å². The van der Waals surface area contributed by atoms with Gasteiger partial charge in [-0.25, -0.2) is 0 Å². The number of carbonyl (C=O) groups excluding carboxylic acids is 2. The van der Waals surface area contributed by atoms with Crippen molar-refractivity contribution in [2.24, 2.45) is 5.92 Å². The molecule has 1 saturated heterocycles. The zero-order chi connectivity index (χ0) is 20.3. The molecule has 1 aromatic rings. The van der Waals surface area contributed by atoms with Gasteiger partial charge in [0.15, 0.2) is 0 Å². The number of hydrogen-bond donors (Lipinski definition) is 1. The third kappa shape index (κ3) is 5.04. The van der Waals surface area contributed by atoms with Crippen LogP contribution < -0.4 is 5.32 Å². The number of carbonyl (C=O) groups is 2. The van der Waals surface area contributed by atoms with Crippen molar-refractivity contribution in [3.05, 3.63) is 29.8 Å². The van der Waals surface area contributed by atoms with Crippen LogP contribution in [-0.4, -0.2) is 54.3 Å². The van der Waals surface area contributed by atoms with Crippen LogP contribution in [0.5, 0.6) is 0 Å². The van der Waals surface area contributed by atoms with Crippen LogP contribution >= 0.6 is 0 Å². The number of anilines is 1. The van der Waals surface area contributed by atoms with E-state index in [1.807, 2.05) is 16.8 Å². The van der Waals surface area contributed by atoms with Crippen LogP contribution in [0.3, 0.4) is 0 Å². The van der Waals surface area contributed by atoms with Crippen LogP contribution in [0.1, 0.15) is 37.7 Å². The van der Waals surface area contributed by atoms with E-state index in [9.17, 15) is 22.8 Å². The average Bonchev–Trinajstić information content (AvgIpc) is 2.59. The number of piperidine rings is 1. The van der Waals surface area contributed by atoms with Gasteiger partial charge in [-0.2, -0.15) is 13.2 Å². The van der Waals surface area contributed by atoms with Crippen molar-refractivity contribution in [3.8, 4) is 0 Å². The van der Waals surface area contributed by atoms with Crippen molar-refractivity contribution in [2.75, 3.05) is 32.0 Å². The van der Waals surface area contributed by atoms with Gasteiger partial charge >= 0.3 is 6.18 Å². The standard InChI is InChI=1S/C20H26F3N3O2/c1-25(19(28)14-5-2-6-14)17-9-4-10-26(12-17)13-18(27)24-16-8-3-7-15(11-16)20(21,22)23/h3,7-8,11,14,17H,2,4-6,9-10,12-13H2,1H3,(H,24,27). The summed E-state index contributed by atoms with van der Waals surface area (Å²) in [7, 11) is 1.83. The average molecular weight is 397 g/mol. The summed E-state index contributed by atoms with van der Waals surface area (Å²) in [5.74, 6) is -0.0240. The Hall–Kier alpha value is -2.09. The highest BCUT2D eigenvalue weighted by atomic mass is 19.4. The summed E-state index contributed by atoms with van der Waals surface area (Å²) >= 11 is 0. The van der Waals surface area contributed by atoms with E-state index in [4.69, 9.17) is 0 Å². The molecule has 1 saturated carbocycles. The van der Waals surface area contributed by atoms with Gasteiger partial charge in [0, 0.05) is 31.2 Å². The highest BCUT2D eigenvalue weighted by Crippen LogP contribution is 2.31. The summed E-state index contributed by atoms with van der Waals surface area (Å²) in [5.41, 5.74) is -0.662. The predicted octanol–water partition coefficient (Wildman–Crippen LogP) is 3.37. The SMILES string of the molecule is CN(C(=O)C1CCC1)C1CCCN(CC(=O)Nc2cccc(C(F)(F)F)c2)C1. The molecule has 2 fully saturated rings. The third-order valence-corrected chi connectivity index (χ3v) is 5.67. The maximum atomic E-state index is 12.8. The molecule has 1 aromatic carbocycles. The molecule has 28 heavy (non-hydrogen) atoms. The molecule has 1 aliphatic heterocycles. The van der Waals surface area contributed by atoms with Crippen LogP contribution in [-0.2, 0) is 15.8 Å². The largest absolute Gasteiger partial charge is 0.416 e. The Balaban J connectivity index is 1.53. The van der Waals surface area contributed by atoms with Gasteiger partial charge in [-0.3, -0.25) is 14.5 Å². The zero-order valence-electron chi connectivity index (χ0n) is 16.0. The van der Waals surface area contributed by atoms with Crippen molar-refractivity contribution in [1.82, 2.24) is 9.80 Å². The zero-order valence-corrected chi connectivity index (χ0v) is 16.0. The number of likely N-dealkylation sites (tertiary alicyclic amines) is 1. The quantitative estimate of drug-likeness (QED) is 0.829. The van der Waals surface area contributed by atoms with Crippen molar-refractivity contribution in [3.63, 3.8) is 0 Å². The Morgan fingerprint density at radius 3 is 2.61 bits per heavy atom. The normalized spacial score (nSPS) is 21.1. The Morgan fingerprint density at radius 2 is 1.96 bits per heavy atom. The molecule has 1 heterocycles. The maximum Gasteiger partial charge on any atom is 0.416 e. The molecule has 1 unspecified atom stereocenters. The van der Waals surface area contributed by atoms with E-state index in [0.29, 0.717) is 6.54 Å². The predicted molar refractivity (Wildman–Crippen MR) is 99.6 cm³/mol. The second kappa shape index (κ2) is 8.51. The van der Waals surface area contributed by atoms with E-state index < -0.39 is 11.7 Å². The first-order valence-corrected chi connectivity index (χ1v) is 9.70. The van der Waals surface area contributed by atoms with E-state index in [1.165, 1.54) is 12.1 Å². The number of hydrogen-bond acceptors (Lipinski definition) is 3. The smallest absolute Gasteiger partial charge is 0.341 e. The lowest BCUT2D eigenvalue weighted by atomic mass is 9.84. The lowest BCUT2D eigenvalue weighted by molar-refractivity contribution is -0.140. The Labute approximate surface area is 162 Å². The summed E-state index contributed by atoms with van der Waals surface area (Å²) in [6, 6.07) is 4.69. The molecule has 1 N–H and O–H groups in total. The van der Waals surface area contributed by atoms with Gasteiger partial charge in [0.05, 0.1) is 12.1 Å². The molecule has 1 atom stereocenters. The Morgan fingerprint density at radius 1 is 1.21 bits per heavy atom. The van der Waals surface area contributed by atoms with Gasteiger partial charge in [-0.15, -0.1) is 0 Å². The Kier molecular flexibility index (Phi) is 6.27. The molecule has 3 rings (SSSR count). The van der Waals surface area contributed by atoms with Crippen LogP contribution in [0, 0.1) is 5.92 Å². The third-order valence-electron chi connectivity index (χ3n) is 5.67. The van der Waals surface area contributed by atoms with Gasteiger partial charge in [-0.05, 0) is 50.4 Å². The van der Waals surface area contributed by atoms with E-state index >= 15 is 0 Å². The molecule has 2 amide bonds. The molecule has 0 aromatic heterocycles. The number of benzene rings is 1. The van der Waals surface area contributed by atoms with Gasteiger partial charge in [0.2, 0.25) is 11.8 Å². The summed E-state index contributed by atoms with van der Waals surface area (Å²) in [6.07, 6.45) is 0.359. The molecule has 1 aliphatic carbocycles. The summed E-state index contributed by atoms with van der Waals surface area (Å²) in [6.45, 7) is 1.43. The number of amides is 2. The van der Waals surface area contributed by atoms with Gasteiger partial charge in [0.1, 0.15) is 0 Å². The fraction of sp³-hybridized carbons (Fsp3) is 0.600. The molecular formula is C20H26F3N3O2. The molecule has 5 nitrogen and oxygen atoms in total. The van der Waals surface area contributed by atoms with E-state index in [1.54, 1.807) is 0 Å². The van der Waals surface area contributed by atoms with E-state index in [0.717, 1.165) is 50.8 Å². The van der Waals surface area contributed by atoms with Crippen LogP contribution in [0.4, 0.5) is 18.9 Å². The van der Waals surface area contributed by atoms with Gasteiger partial charge in [-0.1, -0.05) is 12.5 Å². The van der Waals surface area contributed by atoms with E-state index in [-0.39, 0.29) is 36.0 Å². The number of likely N-dealkylation sites (N-methyl/N-ethyl adjacent to an activating group) is 1. The molecule has 0 spiro atoms. The molecule has 0 bridgehead atoms. The highest BCUT2D eigenvalue weighted by Gasteiger charge is 2.33. The fourth-order valence-corrected chi connectivity index (χ4v) is 3.79. The van der Waals surface area contributed by atoms with Crippen molar-refractivity contribution in [1.29, 1.82) is 0 Å². The summed E-state index contributed by atoms with van der Waals surface area (Å²) in [5, 5.41) is 2.54. The number of halogens is 3. The molecule has 2 aliphatic rings. The molecule has 8 heteroatoms. The van der Waals surface area contributed by atoms with Crippen molar-refractivity contribution in [2.45, 2.75) is 44.3 Å². The first-order valence-electron chi connectivity index (χ1n) is 9.70. The summed E-state index contributed by atoms with van der Waals surface area (Å²) in [4.78, 5) is 28.5. The second-order valence-corrected chi connectivity index (χ2v) is 7.73.